The maximum absolute atomic E-state index is 11.5. The Morgan fingerprint density at radius 1 is 0.350 bits per heavy atom. The Morgan fingerprint density at radius 2 is 0.533 bits per heavy atom. The molecule has 0 unspecified atom stereocenters. The number of aryl methyl sites for hydroxylation is 8. The summed E-state index contributed by atoms with van der Waals surface area (Å²) in [4.78, 5) is 10.5. The molecule has 0 aromatic heterocycles. The van der Waals surface area contributed by atoms with E-state index in [0.29, 0.717) is 49.2 Å². The molecule has 1 heterocycles. The molecular formula is C52H76N4O4. The van der Waals surface area contributed by atoms with Crippen LogP contribution in [0.25, 0.3) is 0 Å². The summed E-state index contributed by atoms with van der Waals surface area (Å²) in [7, 11) is 0. The molecule has 0 amide bonds. The van der Waals surface area contributed by atoms with Gasteiger partial charge in [-0.25, -0.2) is 0 Å². The van der Waals surface area contributed by atoms with Crippen LogP contribution in [0.5, 0.6) is 23.0 Å². The van der Waals surface area contributed by atoms with Gasteiger partial charge in [-0.1, -0.05) is 98.5 Å². The third-order valence-corrected chi connectivity index (χ3v) is 13.3. The Bertz CT molecular complexity index is 1790. The zero-order valence-corrected chi connectivity index (χ0v) is 39.0. The number of benzene rings is 4. The van der Waals surface area contributed by atoms with Gasteiger partial charge in [0.15, 0.2) is 0 Å². The molecular weight excluding hydrogens is 745 g/mol. The smallest absolute Gasteiger partial charge is 0.122 e. The van der Waals surface area contributed by atoms with Crippen LogP contribution in [0.1, 0.15) is 120 Å². The van der Waals surface area contributed by atoms with Crippen molar-refractivity contribution in [2.45, 2.75) is 159 Å². The van der Waals surface area contributed by atoms with Crippen LogP contribution in [0.4, 0.5) is 0 Å². The van der Waals surface area contributed by atoms with Crippen LogP contribution >= 0.6 is 0 Å². The maximum Gasteiger partial charge on any atom is 0.122 e. The Balaban J connectivity index is 1.71. The van der Waals surface area contributed by atoms with Crippen LogP contribution < -0.4 is 0 Å². The SMILES string of the molecule is CC[C@H]1CN(Cc2cc(C)cc(C)c2O)[C@@H](CC)CN(Cc2cc(C)cc(C)c2O)[C@@H](CC)CN(Cc2cc(C)cc(C)c2O)[C@@H](CC)CN1Cc1cc(C)cc(C)c1O. The molecule has 0 saturated carbocycles. The van der Waals surface area contributed by atoms with Gasteiger partial charge >= 0.3 is 0 Å². The molecule has 4 atom stereocenters. The molecule has 1 fully saturated rings. The van der Waals surface area contributed by atoms with Crippen molar-refractivity contribution in [3.8, 4) is 23.0 Å². The van der Waals surface area contributed by atoms with E-state index in [2.05, 4.69) is 124 Å². The van der Waals surface area contributed by atoms with E-state index in [1.807, 2.05) is 27.7 Å². The van der Waals surface area contributed by atoms with Gasteiger partial charge in [-0.3, -0.25) is 19.6 Å². The van der Waals surface area contributed by atoms with Gasteiger partial charge in [-0.2, -0.15) is 0 Å². The number of aromatic hydroxyl groups is 4. The highest BCUT2D eigenvalue weighted by molar-refractivity contribution is 5.45. The highest BCUT2D eigenvalue weighted by atomic mass is 16.3. The van der Waals surface area contributed by atoms with Crippen molar-refractivity contribution in [3.63, 3.8) is 0 Å². The van der Waals surface area contributed by atoms with Crippen LogP contribution in [0.2, 0.25) is 0 Å². The van der Waals surface area contributed by atoms with E-state index in [9.17, 15) is 20.4 Å². The molecule has 4 aromatic rings. The maximum atomic E-state index is 11.5. The summed E-state index contributed by atoms with van der Waals surface area (Å²) in [5.41, 5.74) is 11.9. The van der Waals surface area contributed by atoms with E-state index in [0.717, 1.165) is 119 Å². The first-order valence-corrected chi connectivity index (χ1v) is 22.6. The molecule has 8 nitrogen and oxygen atoms in total. The second-order valence-electron chi connectivity index (χ2n) is 18.3. The molecule has 0 radical (unpaired) electrons. The number of phenolic OH excluding ortho intramolecular Hbond substituents is 4. The second kappa shape index (κ2) is 20.7. The minimum atomic E-state index is 0.135. The average Bonchev–Trinajstić information content (AvgIpc) is 3.19. The monoisotopic (exact) mass is 821 g/mol. The summed E-state index contributed by atoms with van der Waals surface area (Å²) in [6.07, 6.45) is 3.62. The number of phenols is 4. The first kappa shape index (κ1) is 47.0. The largest absolute Gasteiger partial charge is 0.507 e. The normalized spacial score (nSPS) is 20.6. The number of nitrogens with zero attached hydrogens (tertiary/aromatic N) is 4. The lowest BCUT2D eigenvalue weighted by Crippen LogP contribution is -2.57. The molecule has 1 saturated heterocycles. The molecule has 0 bridgehead atoms. The van der Waals surface area contributed by atoms with Crippen LogP contribution in [0.3, 0.4) is 0 Å². The minimum absolute atomic E-state index is 0.135. The van der Waals surface area contributed by atoms with Crippen LogP contribution in [0, 0.1) is 55.4 Å². The Hall–Kier alpha value is -4.08. The Morgan fingerprint density at radius 3 is 0.700 bits per heavy atom. The summed E-state index contributed by atoms with van der Waals surface area (Å²) in [6.45, 7) is 31.1. The molecule has 0 aliphatic carbocycles. The topological polar surface area (TPSA) is 93.9 Å². The number of rotatable bonds is 12. The van der Waals surface area contributed by atoms with Crippen LogP contribution in [-0.2, 0) is 26.2 Å². The van der Waals surface area contributed by atoms with Gasteiger partial charge in [0.1, 0.15) is 23.0 Å². The predicted molar refractivity (Wildman–Crippen MR) is 248 cm³/mol. The standard InChI is InChI=1S/C52H76N4O4/c1-13-45-29-54(26-42-22-34(6)18-38(10)50(42)58)47(15-3)31-56(28-44-24-36(8)20-40(12)52(44)60)48(16-4)32-55(27-43-23-35(7)19-39(11)51(43)59)46(14-2)30-53(45)25-41-21-33(5)17-37(9)49(41)57/h17-24,45-48,57-60H,13-16,25-32H2,1-12H3/t45-,46-,47-,48-/m0/s1. The van der Waals surface area contributed by atoms with Crippen molar-refractivity contribution < 1.29 is 20.4 Å². The van der Waals surface area contributed by atoms with Gasteiger partial charge in [-0.15, -0.1) is 0 Å². The Kier molecular flexibility index (Phi) is 16.2. The molecule has 4 N–H and O–H groups in total. The Labute approximate surface area is 362 Å². The van der Waals surface area contributed by atoms with Gasteiger partial charge in [0.25, 0.3) is 0 Å². The summed E-state index contributed by atoms with van der Waals surface area (Å²) < 4.78 is 0. The summed E-state index contributed by atoms with van der Waals surface area (Å²) >= 11 is 0. The zero-order chi connectivity index (χ0) is 44.0. The fraction of sp³-hybridized carbons (Fsp3) is 0.538. The summed E-state index contributed by atoms with van der Waals surface area (Å²) in [5, 5.41) is 46.1. The van der Waals surface area contributed by atoms with Crippen molar-refractivity contribution >= 4 is 0 Å². The van der Waals surface area contributed by atoms with Crippen molar-refractivity contribution in [2.24, 2.45) is 0 Å². The van der Waals surface area contributed by atoms with E-state index in [1.165, 1.54) is 0 Å². The lowest BCUT2D eigenvalue weighted by atomic mass is 9.98. The third-order valence-electron chi connectivity index (χ3n) is 13.3. The van der Waals surface area contributed by atoms with Gasteiger partial charge in [0.2, 0.25) is 0 Å². The van der Waals surface area contributed by atoms with E-state index >= 15 is 0 Å². The lowest BCUT2D eigenvalue weighted by molar-refractivity contribution is 0.0143. The molecule has 0 spiro atoms. The van der Waals surface area contributed by atoms with E-state index in [1.54, 1.807) is 0 Å². The van der Waals surface area contributed by atoms with E-state index < -0.39 is 0 Å². The third kappa shape index (κ3) is 11.2. The minimum Gasteiger partial charge on any atom is -0.507 e. The molecule has 1 aliphatic rings. The van der Waals surface area contributed by atoms with Crippen molar-refractivity contribution in [3.05, 3.63) is 115 Å². The van der Waals surface area contributed by atoms with E-state index in [4.69, 9.17) is 0 Å². The van der Waals surface area contributed by atoms with Crippen LogP contribution in [0.15, 0.2) is 48.5 Å². The first-order valence-electron chi connectivity index (χ1n) is 22.6. The highest BCUT2D eigenvalue weighted by Crippen LogP contribution is 2.33. The van der Waals surface area contributed by atoms with Crippen LogP contribution in [-0.4, -0.2) is 90.4 Å². The fourth-order valence-corrected chi connectivity index (χ4v) is 10.0. The summed E-state index contributed by atoms with van der Waals surface area (Å²) in [5.74, 6) is 1.47. The number of hydrogen-bond acceptors (Lipinski definition) is 8. The molecule has 4 aromatic carbocycles. The van der Waals surface area contributed by atoms with Gasteiger partial charge in [-0.05, 0) is 103 Å². The van der Waals surface area contributed by atoms with Gasteiger partial charge in [0.05, 0.1) is 0 Å². The van der Waals surface area contributed by atoms with Crippen molar-refractivity contribution in [1.82, 2.24) is 19.6 Å². The molecule has 8 heteroatoms. The number of hydrogen-bond donors (Lipinski definition) is 4. The van der Waals surface area contributed by atoms with Crippen molar-refractivity contribution in [1.29, 1.82) is 0 Å². The molecule has 60 heavy (non-hydrogen) atoms. The average molecular weight is 821 g/mol. The summed E-state index contributed by atoms with van der Waals surface area (Å²) in [6, 6.07) is 17.3. The molecule has 1 aliphatic heterocycles. The van der Waals surface area contributed by atoms with Crippen molar-refractivity contribution in [2.75, 3.05) is 26.2 Å². The first-order chi connectivity index (χ1) is 28.5. The molecule has 5 rings (SSSR count). The fourth-order valence-electron chi connectivity index (χ4n) is 10.0. The zero-order valence-electron chi connectivity index (χ0n) is 39.0. The quantitative estimate of drug-likeness (QED) is 0.112. The second-order valence-corrected chi connectivity index (χ2v) is 18.3. The molecule has 328 valence electrons. The highest BCUT2D eigenvalue weighted by Gasteiger charge is 2.34. The predicted octanol–water partition coefficient (Wildman–Crippen LogP) is 10.4. The van der Waals surface area contributed by atoms with Gasteiger partial charge < -0.3 is 20.4 Å². The van der Waals surface area contributed by atoms with Gasteiger partial charge in [0, 0.05) is 98.8 Å². The lowest BCUT2D eigenvalue weighted by Gasteiger charge is -2.46. The van der Waals surface area contributed by atoms with E-state index in [-0.39, 0.29) is 24.2 Å².